The highest BCUT2D eigenvalue weighted by Crippen LogP contribution is 2.25. The van der Waals surface area contributed by atoms with Gasteiger partial charge >= 0.3 is 0 Å². The zero-order valence-corrected chi connectivity index (χ0v) is 20.4. The molecular formula is C26H41NO6. The van der Waals surface area contributed by atoms with E-state index in [2.05, 4.69) is 37.4 Å². The number of hydrogen-bond donors (Lipinski definition) is 1. The van der Waals surface area contributed by atoms with Gasteiger partial charge in [0.25, 0.3) is 0 Å². The Hall–Kier alpha value is -1.74. The van der Waals surface area contributed by atoms with Crippen molar-refractivity contribution < 1.29 is 28.4 Å². The molecule has 33 heavy (non-hydrogen) atoms. The first-order chi connectivity index (χ1) is 16.2. The van der Waals surface area contributed by atoms with E-state index in [4.69, 9.17) is 28.4 Å². The van der Waals surface area contributed by atoms with Crippen LogP contribution in [0, 0.1) is 0 Å². The Morgan fingerprint density at radius 1 is 0.758 bits per heavy atom. The van der Waals surface area contributed by atoms with Crippen molar-refractivity contribution in [2.75, 3.05) is 73.1 Å². The number of fused-ring (bicyclic) bond motifs is 1. The zero-order valence-electron chi connectivity index (χ0n) is 20.4. The molecule has 7 heteroatoms. The van der Waals surface area contributed by atoms with Gasteiger partial charge in [0.05, 0.1) is 39.6 Å². The monoisotopic (exact) mass is 463 g/mol. The topological polar surface area (TPSA) is 67.4 Å². The number of hydrogen-bond acceptors (Lipinski definition) is 7. The molecule has 0 aliphatic carbocycles. The maximum Gasteiger partial charge on any atom is 0.127 e. The first-order valence-electron chi connectivity index (χ1n) is 11.9. The number of nitrogens with one attached hydrogen (secondary N) is 1. The lowest BCUT2D eigenvalue weighted by Crippen LogP contribution is -2.37. The van der Waals surface area contributed by atoms with Crippen LogP contribution in [-0.2, 0) is 23.7 Å². The molecule has 1 atom stereocenters. The highest BCUT2D eigenvalue weighted by molar-refractivity contribution is 5.88. The fraction of sp³-hybridized carbons (Fsp3) is 0.615. The Morgan fingerprint density at radius 2 is 1.42 bits per heavy atom. The molecule has 2 rings (SSSR count). The molecule has 0 saturated carbocycles. The summed E-state index contributed by atoms with van der Waals surface area (Å²) in [7, 11) is 1.66. The van der Waals surface area contributed by atoms with E-state index >= 15 is 0 Å². The molecule has 2 aromatic rings. The summed E-state index contributed by atoms with van der Waals surface area (Å²) < 4.78 is 33.6. The van der Waals surface area contributed by atoms with Crippen molar-refractivity contribution in [2.45, 2.75) is 32.4 Å². The predicted octanol–water partition coefficient (Wildman–Crippen LogP) is 3.69. The second-order valence-corrected chi connectivity index (χ2v) is 8.03. The Bertz CT molecular complexity index is 736. The predicted molar refractivity (Wildman–Crippen MR) is 131 cm³/mol. The van der Waals surface area contributed by atoms with Gasteiger partial charge in [-0.1, -0.05) is 50.2 Å². The van der Waals surface area contributed by atoms with Crippen molar-refractivity contribution in [3.63, 3.8) is 0 Å². The number of benzene rings is 2. The zero-order chi connectivity index (χ0) is 23.6. The van der Waals surface area contributed by atoms with E-state index in [9.17, 15) is 0 Å². The van der Waals surface area contributed by atoms with E-state index in [1.54, 1.807) is 7.11 Å². The van der Waals surface area contributed by atoms with Crippen LogP contribution < -0.4 is 10.1 Å². The smallest absolute Gasteiger partial charge is 0.127 e. The molecule has 0 amide bonds. The third-order valence-corrected chi connectivity index (χ3v) is 4.89. The molecule has 0 spiro atoms. The molecule has 2 aromatic carbocycles. The fourth-order valence-corrected chi connectivity index (χ4v) is 3.13. The average molecular weight is 464 g/mol. The van der Waals surface area contributed by atoms with Gasteiger partial charge in [-0.3, -0.25) is 0 Å². The van der Waals surface area contributed by atoms with Crippen molar-refractivity contribution in [1.82, 2.24) is 5.32 Å². The number of methoxy groups -OCH3 is 1. The highest BCUT2D eigenvalue weighted by atomic mass is 16.6. The minimum atomic E-state index is -0.0344. The third-order valence-electron chi connectivity index (χ3n) is 4.89. The molecule has 0 aromatic heterocycles. The molecular weight excluding hydrogens is 422 g/mol. The normalized spacial score (nSPS) is 12.5. The van der Waals surface area contributed by atoms with Crippen LogP contribution in [0.25, 0.3) is 10.8 Å². The van der Waals surface area contributed by atoms with Gasteiger partial charge < -0.3 is 33.7 Å². The summed E-state index contributed by atoms with van der Waals surface area (Å²) in [4.78, 5) is 0. The Balaban J connectivity index is 1.60. The van der Waals surface area contributed by atoms with Crippen molar-refractivity contribution in [3.05, 3.63) is 42.5 Å². The number of ether oxygens (including phenoxy) is 6. The van der Waals surface area contributed by atoms with Gasteiger partial charge in [-0.2, -0.15) is 0 Å². The molecule has 0 aliphatic heterocycles. The second-order valence-electron chi connectivity index (χ2n) is 8.03. The third kappa shape index (κ3) is 12.3. The number of rotatable bonds is 20. The minimum absolute atomic E-state index is 0.0344. The summed E-state index contributed by atoms with van der Waals surface area (Å²) in [5.41, 5.74) is 0. The standard InChI is InChI=1S/C26H41NO6/c1-22(2)27-20-24(21-33-26-11-6-9-23-8-4-5-10-25(23)26)32-13-7-12-29-16-17-31-19-18-30-15-14-28-3/h4-6,8-11,22,24,27H,7,12-21H2,1-3H3/t24-/m0/s1. The largest absolute Gasteiger partial charge is 0.490 e. The molecule has 0 bridgehead atoms. The van der Waals surface area contributed by atoms with Crippen molar-refractivity contribution >= 4 is 10.8 Å². The lowest BCUT2D eigenvalue weighted by molar-refractivity contribution is -0.00931. The summed E-state index contributed by atoms with van der Waals surface area (Å²) in [6.07, 6.45) is 0.792. The minimum Gasteiger partial charge on any atom is -0.490 e. The van der Waals surface area contributed by atoms with Gasteiger partial charge in [-0.15, -0.1) is 0 Å². The van der Waals surface area contributed by atoms with Gasteiger partial charge in [0, 0.05) is 38.3 Å². The Morgan fingerprint density at radius 3 is 2.15 bits per heavy atom. The van der Waals surface area contributed by atoms with Gasteiger partial charge in [0.2, 0.25) is 0 Å². The van der Waals surface area contributed by atoms with Crippen LogP contribution in [0.4, 0.5) is 0 Å². The van der Waals surface area contributed by atoms with Crippen molar-refractivity contribution in [1.29, 1.82) is 0 Å². The Kier molecular flexibility index (Phi) is 14.8. The maximum atomic E-state index is 6.15. The van der Waals surface area contributed by atoms with Gasteiger partial charge in [0.1, 0.15) is 18.5 Å². The van der Waals surface area contributed by atoms with E-state index in [0.717, 1.165) is 24.1 Å². The summed E-state index contributed by atoms with van der Waals surface area (Å²) >= 11 is 0. The fourth-order valence-electron chi connectivity index (χ4n) is 3.13. The molecule has 0 aliphatic rings. The highest BCUT2D eigenvalue weighted by Gasteiger charge is 2.12. The Labute approximate surface area is 198 Å². The second kappa shape index (κ2) is 17.7. The molecule has 0 radical (unpaired) electrons. The van der Waals surface area contributed by atoms with E-state index in [1.165, 1.54) is 5.39 Å². The molecule has 0 fully saturated rings. The van der Waals surface area contributed by atoms with Crippen LogP contribution in [0.2, 0.25) is 0 Å². The summed E-state index contributed by atoms with van der Waals surface area (Å²) in [5, 5.41) is 5.74. The maximum absolute atomic E-state index is 6.15. The molecule has 0 heterocycles. The van der Waals surface area contributed by atoms with Crippen LogP contribution in [-0.4, -0.2) is 85.3 Å². The van der Waals surface area contributed by atoms with Crippen LogP contribution in [0.3, 0.4) is 0 Å². The first kappa shape index (κ1) is 27.5. The molecule has 0 saturated heterocycles. The quantitative estimate of drug-likeness (QED) is 0.300. The van der Waals surface area contributed by atoms with Crippen molar-refractivity contribution in [3.8, 4) is 5.75 Å². The first-order valence-corrected chi connectivity index (χ1v) is 11.9. The molecule has 186 valence electrons. The van der Waals surface area contributed by atoms with Crippen LogP contribution >= 0.6 is 0 Å². The van der Waals surface area contributed by atoms with E-state index in [0.29, 0.717) is 65.5 Å². The van der Waals surface area contributed by atoms with Gasteiger partial charge in [-0.25, -0.2) is 0 Å². The van der Waals surface area contributed by atoms with E-state index in [1.807, 2.05) is 24.3 Å². The van der Waals surface area contributed by atoms with Crippen LogP contribution in [0.15, 0.2) is 42.5 Å². The summed E-state index contributed by atoms with van der Waals surface area (Å²) in [6.45, 7) is 10.2. The van der Waals surface area contributed by atoms with Crippen molar-refractivity contribution in [2.24, 2.45) is 0 Å². The van der Waals surface area contributed by atoms with Gasteiger partial charge in [0.15, 0.2) is 0 Å². The SMILES string of the molecule is COCCOCCOCCOCCCO[C@@H](CNC(C)C)COc1cccc2ccccc12. The van der Waals surface area contributed by atoms with Crippen LogP contribution in [0.1, 0.15) is 20.3 Å². The average Bonchev–Trinajstić information content (AvgIpc) is 2.83. The van der Waals surface area contributed by atoms with E-state index in [-0.39, 0.29) is 6.10 Å². The summed E-state index contributed by atoms with van der Waals surface area (Å²) in [6, 6.07) is 14.8. The molecule has 7 nitrogen and oxygen atoms in total. The lowest BCUT2D eigenvalue weighted by Gasteiger charge is -2.21. The molecule has 0 unspecified atom stereocenters. The lowest BCUT2D eigenvalue weighted by atomic mass is 10.1. The summed E-state index contributed by atoms with van der Waals surface area (Å²) in [5.74, 6) is 0.888. The molecule has 1 N–H and O–H groups in total. The van der Waals surface area contributed by atoms with E-state index < -0.39 is 0 Å². The van der Waals surface area contributed by atoms with Gasteiger partial charge in [-0.05, 0) is 17.9 Å². The van der Waals surface area contributed by atoms with Crippen LogP contribution in [0.5, 0.6) is 5.75 Å².